The fourth-order valence-electron chi connectivity index (χ4n) is 1.60. The lowest BCUT2D eigenvalue weighted by Gasteiger charge is -2.06. The predicted molar refractivity (Wildman–Crippen MR) is 67.2 cm³/mol. The van der Waals surface area contributed by atoms with E-state index in [0.29, 0.717) is 18.2 Å². The third kappa shape index (κ3) is 2.60. The van der Waals surface area contributed by atoms with Gasteiger partial charge < -0.3 is 10.5 Å². The van der Waals surface area contributed by atoms with Crippen LogP contribution < -0.4 is 10.5 Å². The zero-order valence-electron chi connectivity index (χ0n) is 9.56. The van der Waals surface area contributed by atoms with Gasteiger partial charge in [-0.2, -0.15) is 5.10 Å². The monoisotopic (exact) mass is 251 g/mol. The van der Waals surface area contributed by atoms with Gasteiger partial charge in [0.05, 0.1) is 19.9 Å². The van der Waals surface area contributed by atoms with E-state index in [2.05, 4.69) is 5.10 Å². The first kappa shape index (κ1) is 12.0. The molecule has 0 fully saturated rings. The van der Waals surface area contributed by atoms with Crippen molar-refractivity contribution in [3.63, 3.8) is 0 Å². The number of nitrogens with two attached hydrogens (primary N) is 1. The highest BCUT2D eigenvalue weighted by atomic mass is 35.5. The van der Waals surface area contributed by atoms with Crippen LogP contribution in [0.4, 0.5) is 0 Å². The largest absolute Gasteiger partial charge is 0.497 e. The summed E-state index contributed by atoms with van der Waals surface area (Å²) in [7, 11) is 1.65. The Bertz CT molecular complexity index is 510. The molecule has 0 saturated heterocycles. The minimum atomic E-state index is 0.400. The average Bonchev–Trinajstić information content (AvgIpc) is 2.71. The second-order valence-corrected chi connectivity index (χ2v) is 4.03. The lowest BCUT2D eigenvalue weighted by atomic mass is 10.2. The molecule has 5 heteroatoms. The van der Waals surface area contributed by atoms with Crippen LogP contribution >= 0.6 is 11.6 Å². The summed E-state index contributed by atoms with van der Waals surface area (Å²) in [6.45, 7) is 1.01. The molecule has 1 aromatic carbocycles. The van der Waals surface area contributed by atoms with Crippen LogP contribution in [0.25, 0.3) is 0 Å². The van der Waals surface area contributed by atoms with Crippen molar-refractivity contribution in [1.82, 2.24) is 9.78 Å². The van der Waals surface area contributed by atoms with Gasteiger partial charge in [-0.05, 0) is 17.7 Å². The average molecular weight is 252 g/mol. The first-order valence-corrected chi connectivity index (χ1v) is 5.65. The van der Waals surface area contributed by atoms with Gasteiger partial charge in [0.2, 0.25) is 0 Å². The van der Waals surface area contributed by atoms with Crippen LogP contribution in [-0.2, 0) is 13.1 Å². The molecule has 0 radical (unpaired) electrons. The molecule has 90 valence electrons. The second-order valence-electron chi connectivity index (χ2n) is 3.67. The standard InChI is InChI=1S/C12H14ClN3O/c1-17-11-4-2-3-9(5-11)8-16-12(13)10(6-14)7-15-16/h2-5,7H,6,8,14H2,1H3. The SMILES string of the molecule is COc1cccc(Cn2ncc(CN)c2Cl)c1. The maximum Gasteiger partial charge on any atom is 0.131 e. The summed E-state index contributed by atoms with van der Waals surface area (Å²) < 4.78 is 6.89. The number of halogens is 1. The Morgan fingerprint density at radius 2 is 2.29 bits per heavy atom. The number of hydrogen-bond donors (Lipinski definition) is 1. The molecule has 17 heavy (non-hydrogen) atoms. The second kappa shape index (κ2) is 5.21. The quantitative estimate of drug-likeness (QED) is 0.905. The van der Waals surface area contributed by atoms with Crippen LogP contribution in [0, 0.1) is 0 Å². The van der Waals surface area contributed by atoms with E-state index >= 15 is 0 Å². The van der Waals surface area contributed by atoms with E-state index in [1.165, 1.54) is 0 Å². The molecule has 0 aliphatic heterocycles. The number of benzene rings is 1. The molecule has 0 amide bonds. The molecule has 0 aliphatic rings. The van der Waals surface area contributed by atoms with E-state index in [9.17, 15) is 0 Å². The number of aromatic nitrogens is 2. The van der Waals surface area contributed by atoms with Crippen LogP contribution in [0.2, 0.25) is 5.15 Å². The third-order valence-electron chi connectivity index (χ3n) is 2.53. The molecule has 0 saturated carbocycles. The highest BCUT2D eigenvalue weighted by Crippen LogP contribution is 2.18. The van der Waals surface area contributed by atoms with E-state index in [-0.39, 0.29) is 0 Å². The first-order chi connectivity index (χ1) is 8.24. The fraction of sp³-hybridized carbons (Fsp3) is 0.250. The smallest absolute Gasteiger partial charge is 0.131 e. The minimum absolute atomic E-state index is 0.400. The molecule has 1 aromatic heterocycles. The van der Waals surface area contributed by atoms with Crippen LogP contribution in [-0.4, -0.2) is 16.9 Å². The molecule has 0 aliphatic carbocycles. The van der Waals surface area contributed by atoms with Crippen LogP contribution in [0.15, 0.2) is 30.5 Å². The fourth-order valence-corrected chi connectivity index (χ4v) is 1.83. The molecule has 0 bridgehead atoms. The molecule has 0 unspecified atom stereocenters. The van der Waals surface area contributed by atoms with Gasteiger partial charge >= 0.3 is 0 Å². The van der Waals surface area contributed by atoms with Crippen LogP contribution in [0.1, 0.15) is 11.1 Å². The molecule has 4 nitrogen and oxygen atoms in total. The lowest BCUT2D eigenvalue weighted by molar-refractivity contribution is 0.414. The lowest BCUT2D eigenvalue weighted by Crippen LogP contribution is -2.03. The summed E-state index contributed by atoms with van der Waals surface area (Å²) in [6.07, 6.45) is 1.70. The van der Waals surface area contributed by atoms with Gasteiger partial charge in [-0.3, -0.25) is 0 Å². The molecule has 2 rings (SSSR count). The van der Waals surface area contributed by atoms with Crippen molar-refractivity contribution < 1.29 is 4.74 Å². The molecule has 2 aromatic rings. The Morgan fingerprint density at radius 3 is 2.94 bits per heavy atom. The molecule has 1 heterocycles. The maximum absolute atomic E-state index is 6.14. The van der Waals surface area contributed by atoms with Gasteiger partial charge in [-0.1, -0.05) is 23.7 Å². The van der Waals surface area contributed by atoms with Crippen molar-refractivity contribution in [2.24, 2.45) is 5.73 Å². The highest BCUT2D eigenvalue weighted by molar-refractivity contribution is 6.30. The number of hydrogen-bond acceptors (Lipinski definition) is 3. The Morgan fingerprint density at radius 1 is 1.47 bits per heavy atom. The summed E-state index contributed by atoms with van der Waals surface area (Å²) in [6, 6.07) is 7.80. The summed E-state index contributed by atoms with van der Waals surface area (Å²) in [5.74, 6) is 0.824. The Kier molecular flexibility index (Phi) is 3.66. The topological polar surface area (TPSA) is 53.1 Å². The van der Waals surface area contributed by atoms with Gasteiger partial charge in [0, 0.05) is 12.1 Å². The number of nitrogens with zero attached hydrogens (tertiary/aromatic N) is 2. The van der Waals surface area contributed by atoms with Gasteiger partial charge in [0.1, 0.15) is 10.9 Å². The van der Waals surface area contributed by atoms with Crippen molar-refractivity contribution in [2.75, 3.05) is 7.11 Å². The third-order valence-corrected chi connectivity index (χ3v) is 2.97. The van der Waals surface area contributed by atoms with E-state index in [1.807, 2.05) is 24.3 Å². The summed E-state index contributed by atoms with van der Waals surface area (Å²) in [5.41, 5.74) is 7.48. The number of methoxy groups -OCH3 is 1. The summed E-state index contributed by atoms with van der Waals surface area (Å²) in [4.78, 5) is 0. The van der Waals surface area contributed by atoms with E-state index < -0.39 is 0 Å². The van der Waals surface area contributed by atoms with Gasteiger partial charge in [0.25, 0.3) is 0 Å². The minimum Gasteiger partial charge on any atom is -0.497 e. The van der Waals surface area contributed by atoms with Gasteiger partial charge in [-0.25, -0.2) is 4.68 Å². The Balaban J connectivity index is 2.22. The van der Waals surface area contributed by atoms with E-state index in [4.69, 9.17) is 22.1 Å². The van der Waals surface area contributed by atoms with Crippen LogP contribution in [0.3, 0.4) is 0 Å². The molecular formula is C12H14ClN3O. The van der Waals surface area contributed by atoms with Crippen LogP contribution in [0.5, 0.6) is 5.75 Å². The molecule has 0 atom stereocenters. The first-order valence-electron chi connectivity index (χ1n) is 5.27. The maximum atomic E-state index is 6.14. The van der Waals surface area contributed by atoms with Gasteiger partial charge in [0.15, 0.2) is 0 Å². The normalized spacial score (nSPS) is 10.5. The molecule has 2 N–H and O–H groups in total. The van der Waals surface area contributed by atoms with Crippen molar-refractivity contribution in [2.45, 2.75) is 13.1 Å². The van der Waals surface area contributed by atoms with Crippen molar-refractivity contribution in [3.05, 3.63) is 46.7 Å². The molecular weight excluding hydrogens is 238 g/mol. The number of ether oxygens (including phenoxy) is 1. The zero-order chi connectivity index (χ0) is 12.3. The highest BCUT2D eigenvalue weighted by Gasteiger charge is 2.07. The van der Waals surface area contributed by atoms with Gasteiger partial charge in [-0.15, -0.1) is 0 Å². The van der Waals surface area contributed by atoms with E-state index in [1.54, 1.807) is 18.0 Å². The molecule has 0 spiro atoms. The Labute approximate surface area is 105 Å². The van der Waals surface area contributed by atoms with E-state index in [0.717, 1.165) is 16.9 Å². The van der Waals surface area contributed by atoms with Crippen molar-refractivity contribution in [1.29, 1.82) is 0 Å². The Hall–Kier alpha value is -1.52. The predicted octanol–water partition coefficient (Wildman–Crippen LogP) is 2.05. The summed E-state index contributed by atoms with van der Waals surface area (Å²) >= 11 is 6.14. The number of rotatable bonds is 4. The summed E-state index contributed by atoms with van der Waals surface area (Å²) in [5, 5.41) is 4.79. The zero-order valence-corrected chi connectivity index (χ0v) is 10.3. The van der Waals surface area contributed by atoms with Crippen molar-refractivity contribution >= 4 is 11.6 Å². The van der Waals surface area contributed by atoms with Crippen molar-refractivity contribution in [3.8, 4) is 5.75 Å².